The van der Waals surface area contributed by atoms with Crippen molar-refractivity contribution in [3.8, 4) is 11.3 Å². The molecule has 3 heterocycles. The predicted molar refractivity (Wildman–Crippen MR) is 85.3 cm³/mol. The average Bonchev–Trinajstić information content (AvgIpc) is 2.97. The van der Waals surface area contributed by atoms with E-state index >= 15 is 0 Å². The van der Waals surface area contributed by atoms with Gasteiger partial charge in [-0.3, -0.25) is 9.78 Å². The molecule has 2 aromatic rings. The molecule has 0 aliphatic carbocycles. The van der Waals surface area contributed by atoms with E-state index in [1.165, 1.54) is 12.4 Å². The lowest BCUT2D eigenvalue weighted by atomic mass is 9.96. The van der Waals surface area contributed by atoms with E-state index < -0.39 is 6.55 Å². The highest BCUT2D eigenvalue weighted by Crippen LogP contribution is 2.33. The molecule has 1 aliphatic heterocycles. The Balaban J connectivity index is 2.15. The minimum atomic E-state index is -2.83. The van der Waals surface area contributed by atoms with Crippen LogP contribution < -0.4 is 11.1 Å². The topological polar surface area (TPSA) is 85.8 Å². The Bertz CT molecular complexity index is 746. The molecule has 0 spiro atoms. The summed E-state index contributed by atoms with van der Waals surface area (Å²) >= 11 is 0. The monoisotopic (exact) mass is 335 g/mol. The van der Waals surface area contributed by atoms with Crippen LogP contribution in [-0.2, 0) is 4.79 Å². The fourth-order valence-electron chi connectivity index (χ4n) is 2.88. The van der Waals surface area contributed by atoms with Crippen molar-refractivity contribution in [2.75, 3.05) is 5.32 Å². The molecule has 1 amide bonds. The molecule has 0 fully saturated rings. The Hall–Kier alpha value is -2.35. The van der Waals surface area contributed by atoms with Gasteiger partial charge in [0.1, 0.15) is 0 Å². The van der Waals surface area contributed by atoms with Gasteiger partial charge in [0.2, 0.25) is 5.91 Å². The number of carbonyl (C=O) groups is 1. The molecular weight excluding hydrogens is 316 g/mol. The van der Waals surface area contributed by atoms with Crippen LogP contribution in [0.4, 0.5) is 14.5 Å². The number of halogens is 2. The molecule has 2 bridgehead atoms. The van der Waals surface area contributed by atoms with Crippen LogP contribution in [0.2, 0.25) is 0 Å². The lowest BCUT2D eigenvalue weighted by Crippen LogP contribution is -2.21. The number of carbonyl (C=O) groups excluding carboxylic acids is 1. The van der Waals surface area contributed by atoms with Crippen molar-refractivity contribution in [1.82, 2.24) is 14.8 Å². The fraction of sp³-hybridized carbons (Fsp3) is 0.438. The standard InChI is InChI=1S/C16H19F2N5O/c1-9-3-2-4-12(19)10-5-11(7-20-6-10)14-13(22-15(9)24)8-21-23(14)16(17)18/h5-9,12,16H,2-4,19H2,1H3,(H,22,24)/t9-,12+/m1/s1. The number of fused-ring (bicyclic) bond motifs is 4. The minimum absolute atomic E-state index is 0.132. The second-order valence-electron chi connectivity index (χ2n) is 6.06. The van der Waals surface area contributed by atoms with Gasteiger partial charge in [0.15, 0.2) is 0 Å². The molecule has 0 unspecified atom stereocenters. The van der Waals surface area contributed by atoms with Crippen LogP contribution in [0.5, 0.6) is 0 Å². The van der Waals surface area contributed by atoms with Crippen LogP contribution in [0.25, 0.3) is 11.3 Å². The number of aromatic nitrogens is 3. The zero-order valence-corrected chi connectivity index (χ0v) is 13.2. The number of anilines is 1. The number of nitrogens with zero attached hydrogens (tertiary/aromatic N) is 3. The molecule has 0 aromatic carbocycles. The highest BCUT2D eigenvalue weighted by atomic mass is 19.3. The van der Waals surface area contributed by atoms with Gasteiger partial charge in [-0.15, -0.1) is 0 Å². The quantitative estimate of drug-likeness (QED) is 0.838. The summed E-state index contributed by atoms with van der Waals surface area (Å²) in [5.74, 6) is -0.459. The SMILES string of the molecule is C[C@@H]1CCC[C@H](N)c2cncc(c2)-c2c(cnn2C(F)F)NC1=O. The molecule has 2 aromatic heterocycles. The molecule has 3 N–H and O–H groups in total. The third kappa shape index (κ3) is 3.14. The Morgan fingerprint density at radius 1 is 1.33 bits per heavy atom. The van der Waals surface area contributed by atoms with E-state index in [1.54, 1.807) is 12.3 Å². The molecule has 0 radical (unpaired) electrons. The van der Waals surface area contributed by atoms with Crippen molar-refractivity contribution in [2.24, 2.45) is 11.7 Å². The van der Waals surface area contributed by atoms with Gasteiger partial charge in [-0.2, -0.15) is 13.9 Å². The number of hydrogen-bond acceptors (Lipinski definition) is 4. The average molecular weight is 335 g/mol. The second kappa shape index (κ2) is 6.64. The van der Waals surface area contributed by atoms with E-state index in [9.17, 15) is 13.6 Å². The Labute approximate surface area is 138 Å². The summed E-state index contributed by atoms with van der Waals surface area (Å²) in [4.78, 5) is 16.4. The smallest absolute Gasteiger partial charge is 0.324 e. The molecule has 1 aliphatic rings. The number of amides is 1. The summed E-state index contributed by atoms with van der Waals surface area (Å²) in [6.45, 7) is -1.02. The number of nitrogens with two attached hydrogens (primary N) is 1. The Kier molecular flexibility index (Phi) is 4.57. The van der Waals surface area contributed by atoms with Gasteiger partial charge in [-0.25, -0.2) is 4.68 Å². The highest BCUT2D eigenvalue weighted by molar-refractivity contribution is 5.95. The van der Waals surface area contributed by atoms with Crippen molar-refractivity contribution in [3.05, 3.63) is 30.2 Å². The summed E-state index contributed by atoms with van der Waals surface area (Å²) < 4.78 is 27.2. The van der Waals surface area contributed by atoms with Crippen molar-refractivity contribution < 1.29 is 13.6 Å². The first-order chi connectivity index (χ1) is 11.5. The van der Waals surface area contributed by atoms with Crippen molar-refractivity contribution in [2.45, 2.75) is 38.8 Å². The number of rotatable bonds is 1. The van der Waals surface area contributed by atoms with Crippen LogP contribution in [0, 0.1) is 5.92 Å². The van der Waals surface area contributed by atoms with E-state index in [4.69, 9.17) is 5.73 Å². The van der Waals surface area contributed by atoms with Crippen molar-refractivity contribution in [3.63, 3.8) is 0 Å². The Morgan fingerprint density at radius 2 is 2.12 bits per heavy atom. The third-order valence-corrected chi connectivity index (χ3v) is 4.30. The van der Waals surface area contributed by atoms with Crippen LogP contribution in [0.3, 0.4) is 0 Å². The van der Waals surface area contributed by atoms with Gasteiger partial charge in [0, 0.05) is 29.9 Å². The number of pyridine rings is 1. The molecule has 24 heavy (non-hydrogen) atoms. The molecule has 6 nitrogen and oxygen atoms in total. The van der Waals surface area contributed by atoms with E-state index in [2.05, 4.69) is 15.4 Å². The summed E-state index contributed by atoms with van der Waals surface area (Å²) in [6.07, 6.45) is 6.52. The van der Waals surface area contributed by atoms with Gasteiger partial charge < -0.3 is 11.1 Å². The molecule has 128 valence electrons. The van der Waals surface area contributed by atoms with Gasteiger partial charge in [0.25, 0.3) is 0 Å². The molecule has 3 rings (SSSR count). The molecular formula is C16H19F2N5O. The minimum Gasteiger partial charge on any atom is -0.324 e. The molecule has 0 saturated carbocycles. The molecule has 8 heteroatoms. The third-order valence-electron chi connectivity index (χ3n) is 4.30. The lowest BCUT2D eigenvalue weighted by molar-refractivity contribution is -0.119. The van der Waals surface area contributed by atoms with Crippen molar-refractivity contribution in [1.29, 1.82) is 0 Å². The summed E-state index contributed by atoms with van der Waals surface area (Å²) in [5, 5.41) is 6.42. The molecule has 0 saturated heterocycles. The van der Waals surface area contributed by atoms with Gasteiger partial charge in [-0.05, 0) is 24.5 Å². The van der Waals surface area contributed by atoms with Crippen molar-refractivity contribution >= 4 is 11.6 Å². The number of nitrogens with one attached hydrogen (secondary N) is 1. The maximum absolute atomic E-state index is 13.3. The zero-order chi connectivity index (χ0) is 17.3. The van der Waals surface area contributed by atoms with E-state index in [0.717, 1.165) is 12.0 Å². The predicted octanol–water partition coefficient (Wildman–Crippen LogP) is 3.10. The summed E-state index contributed by atoms with van der Waals surface area (Å²) in [7, 11) is 0. The number of alkyl halides is 2. The van der Waals surface area contributed by atoms with E-state index in [1.807, 2.05) is 6.92 Å². The summed E-state index contributed by atoms with van der Waals surface area (Å²) in [5.41, 5.74) is 7.79. The number of hydrogen-bond donors (Lipinski definition) is 2. The molecule has 2 atom stereocenters. The first-order valence-corrected chi connectivity index (χ1v) is 7.84. The van der Waals surface area contributed by atoms with Gasteiger partial charge in [-0.1, -0.05) is 13.3 Å². The first-order valence-electron chi connectivity index (χ1n) is 7.84. The van der Waals surface area contributed by atoms with Gasteiger partial charge >= 0.3 is 6.55 Å². The maximum atomic E-state index is 13.3. The zero-order valence-electron chi connectivity index (χ0n) is 13.2. The maximum Gasteiger partial charge on any atom is 0.333 e. The normalized spacial score (nSPS) is 21.6. The van der Waals surface area contributed by atoms with Crippen LogP contribution in [0.1, 0.15) is 44.3 Å². The second-order valence-corrected chi connectivity index (χ2v) is 6.06. The van der Waals surface area contributed by atoms with Crippen LogP contribution >= 0.6 is 0 Å². The van der Waals surface area contributed by atoms with Crippen LogP contribution in [-0.4, -0.2) is 20.7 Å². The fourth-order valence-corrected chi connectivity index (χ4v) is 2.88. The summed E-state index contributed by atoms with van der Waals surface area (Å²) in [6, 6.07) is 1.48. The van der Waals surface area contributed by atoms with E-state index in [-0.39, 0.29) is 29.2 Å². The highest BCUT2D eigenvalue weighted by Gasteiger charge is 2.23. The van der Waals surface area contributed by atoms with Gasteiger partial charge in [0.05, 0.1) is 17.6 Å². The largest absolute Gasteiger partial charge is 0.333 e. The van der Waals surface area contributed by atoms with Crippen LogP contribution in [0.15, 0.2) is 24.7 Å². The first kappa shape index (κ1) is 16.5. The van der Waals surface area contributed by atoms with E-state index in [0.29, 0.717) is 23.1 Å². The Morgan fingerprint density at radius 3 is 2.88 bits per heavy atom. The lowest BCUT2D eigenvalue weighted by Gasteiger charge is -2.18.